The smallest absolute Gasteiger partial charge is 0.194 e. The standard InChI is InChI=1S/C19H21F3N2/c20-17-10-15(11-18(21)19(17)22)12-23-16-6-8-24(9-7-16)13-14-4-2-1-3-5-14/h1-5,10-11,16,23H,6-9,12-13H2. The van der Waals surface area contributed by atoms with E-state index in [0.717, 1.165) is 44.6 Å². The van der Waals surface area contributed by atoms with Crippen LogP contribution in [-0.4, -0.2) is 24.0 Å². The summed E-state index contributed by atoms with van der Waals surface area (Å²) < 4.78 is 39.4. The van der Waals surface area contributed by atoms with Crippen molar-refractivity contribution < 1.29 is 13.2 Å². The number of likely N-dealkylation sites (tertiary alicyclic amines) is 1. The van der Waals surface area contributed by atoms with Gasteiger partial charge in [0.15, 0.2) is 17.5 Å². The highest BCUT2D eigenvalue weighted by atomic mass is 19.2. The van der Waals surface area contributed by atoms with Crippen molar-refractivity contribution in [2.75, 3.05) is 13.1 Å². The molecular weight excluding hydrogens is 313 g/mol. The summed E-state index contributed by atoms with van der Waals surface area (Å²) in [5.41, 5.74) is 1.74. The van der Waals surface area contributed by atoms with Gasteiger partial charge in [0.05, 0.1) is 0 Å². The van der Waals surface area contributed by atoms with Crippen LogP contribution >= 0.6 is 0 Å². The lowest BCUT2D eigenvalue weighted by Crippen LogP contribution is -2.41. The molecule has 128 valence electrons. The number of nitrogens with one attached hydrogen (secondary N) is 1. The van der Waals surface area contributed by atoms with Gasteiger partial charge in [0.25, 0.3) is 0 Å². The number of hydrogen-bond donors (Lipinski definition) is 1. The maximum atomic E-state index is 13.2. The van der Waals surface area contributed by atoms with E-state index >= 15 is 0 Å². The molecule has 0 bridgehead atoms. The van der Waals surface area contributed by atoms with E-state index in [-0.39, 0.29) is 0 Å². The molecule has 2 aromatic carbocycles. The Morgan fingerprint density at radius 3 is 2.17 bits per heavy atom. The van der Waals surface area contributed by atoms with Crippen LogP contribution in [-0.2, 0) is 13.1 Å². The molecule has 1 aliphatic rings. The highest BCUT2D eigenvalue weighted by Crippen LogP contribution is 2.16. The Morgan fingerprint density at radius 1 is 0.917 bits per heavy atom. The molecule has 0 aliphatic carbocycles. The van der Waals surface area contributed by atoms with Crippen LogP contribution < -0.4 is 5.32 Å². The third-order valence-electron chi connectivity index (χ3n) is 4.48. The van der Waals surface area contributed by atoms with E-state index in [9.17, 15) is 13.2 Å². The zero-order chi connectivity index (χ0) is 16.9. The Labute approximate surface area is 140 Å². The molecule has 1 aliphatic heterocycles. The van der Waals surface area contributed by atoms with Gasteiger partial charge in [-0.05, 0) is 49.2 Å². The van der Waals surface area contributed by atoms with Crippen LogP contribution in [0.5, 0.6) is 0 Å². The first-order chi connectivity index (χ1) is 11.6. The normalized spacial score (nSPS) is 16.5. The van der Waals surface area contributed by atoms with Crippen molar-refractivity contribution in [3.05, 3.63) is 71.0 Å². The van der Waals surface area contributed by atoms with Crippen LogP contribution in [0.3, 0.4) is 0 Å². The SMILES string of the molecule is Fc1cc(CNC2CCN(Cc3ccccc3)CC2)cc(F)c1F. The molecule has 0 spiro atoms. The van der Waals surface area contributed by atoms with Crippen LogP contribution in [0.2, 0.25) is 0 Å². The molecule has 0 radical (unpaired) electrons. The zero-order valence-corrected chi connectivity index (χ0v) is 13.4. The number of halogens is 3. The fraction of sp³-hybridized carbons (Fsp3) is 0.368. The second-order valence-corrected chi connectivity index (χ2v) is 6.29. The van der Waals surface area contributed by atoms with Crippen LogP contribution in [0.15, 0.2) is 42.5 Å². The summed E-state index contributed by atoms with van der Waals surface area (Å²) in [6.45, 7) is 3.26. The molecule has 1 N–H and O–H groups in total. The van der Waals surface area contributed by atoms with Crippen molar-refractivity contribution in [3.63, 3.8) is 0 Å². The summed E-state index contributed by atoms with van der Waals surface area (Å²) in [7, 11) is 0. The van der Waals surface area contributed by atoms with Crippen molar-refractivity contribution in [2.24, 2.45) is 0 Å². The number of piperidine rings is 1. The van der Waals surface area contributed by atoms with Gasteiger partial charge in [-0.1, -0.05) is 30.3 Å². The highest BCUT2D eigenvalue weighted by molar-refractivity contribution is 5.19. The lowest BCUT2D eigenvalue weighted by atomic mass is 10.0. The van der Waals surface area contributed by atoms with Gasteiger partial charge < -0.3 is 5.32 Å². The summed E-state index contributed by atoms with van der Waals surface area (Å²) in [6, 6.07) is 12.8. The predicted octanol–water partition coefficient (Wildman–Crippen LogP) is 3.86. The fourth-order valence-electron chi connectivity index (χ4n) is 3.11. The number of benzene rings is 2. The topological polar surface area (TPSA) is 15.3 Å². The monoisotopic (exact) mass is 334 g/mol. The zero-order valence-electron chi connectivity index (χ0n) is 13.4. The predicted molar refractivity (Wildman–Crippen MR) is 87.9 cm³/mol. The van der Waals surface area contributed by atoms with Gasteiger partial charge in [0.1, 0.15) is 0 Å². The van der Waals surface area contributed by atoms with E-state index in [1.807, 2.05) is 18.2 Å². The summed E-state index contributed by atoms with van der Waals surface area (Å²) >= 11 is 0. The van der Waals surface area contributed by atoms with E-state index in [0.29, 0.717) is 18.2 Å². The minimum atomic E-state index is -1.41. The molecule has 5 heteroatoms. The summed E-state index contributed by atoms with van der Waals surface area (Å²) in [6.07, 6.45) is 1.97. The molecule has 2 aromatic rings. The molecule has 24 heavy (non-hydrogen) atoms. The van der Waals surface area contributed by atoms with E-state index in [1.165, 1.54) is 5.56 Å². The molecule has 0 atom stereocenters. The lowest BCUT2D eigenvalue weighted by molar-refractivity contribution is 0.190. The number of nitrogens with zero attached hydrogens (tertiary/aromatic N) is 1. The molecule has 0 saturated carbocycles. The quantitative estimate of drug-likeness (QED) is 0.836. The van der Waals surface area contributed by atoms with Crippen molar-refractivity contribution in [2.45, 2.75) is 32.0 Å². The van der Waals surface area contributed by atoms with Gasteiger partial charge in [-0.15, -0.1) is 0 Å². The largest absolute Gasteiger partial charge is 0.310 e. The maximum Gasteiger partial charge on any atom is 0.194 e. The Balaban J connectivity index is 1.46. The van der Waals surface area contributed by atoms with E-state index in [1.54, 1.807) is 0 Å². The van der Waals surface area contributed by atoms with Gasteiger partial charge in [-0.3, -0.25) is 4.90 Å². The third kappa shape index (κ3) is 4.36. The Morgan fingerprint density at radius 2 is 1.54 bits per heavy atom. The average Bonchev–Trinajstić information content (AvgIpc) is 2.60. The van der Waals surface area contributed by atoms with Gasteiger partial charge in [0.2, 0.25) is 0 Å². The van der Waals surface area contributed by atoms with Gasteiger partial charge in [0, 0.05) is 19.1 Å². The summed E-state index contributed by atoms with van der Waals surface area (Å²) in [5.74, 6) is -3.68. The summed E-state index contributed by atoms with van der Waals surface area (Å²) in [4.78, 5) is 2.41. The van der Waals surface area contributed by atoms with Gasteiger partial charge >= 0.3 is 0 Å². The lowest BCUT2D eigenvalue weighted by Gasteiger charge is -2.32. The molecular formula is C19H21F3N2. The van der Waals surface area contributed by atoms with Crippen LogP contribution in [0, 0.1) is 17.5 Å². The Kier molecular flexibility index (Phi) is 5.53. The van der Waals surface area contributed by atoms with Crippen LogP contribution in [0.25, 0.3) is 0 Å². The van der Waals surface area contributed by atoms with Crippen molar-refractivity contribution in [1.82, 2.24) is 10.2 Å². The summed E-state index contributed by atoms with van der Waals surface area (Å²) in [5, 5.41) is 3.31. The molecule has 0 unspecified atom stereocenters. The van der Waals surface area contributed by atoms with Gasteiger partial charge in [-0.2, -0.15) is 0 Å². The highest BCUT2D eigenvalue weighted by Gasteiger charge is 2.19. The molecule has 1 saturated heterocycles. The molecule has 0 amide bonds. The van der Waals surface area contributed by atoms with Crippen molar-refractivity contribution >= 4 is 0 Å². The number of hydrogen-bond acceptors (Lipinski definition) is 2. The molecule has 2 nitrogen and oxygen atoms in total. The molecule has 1 fully saturated rings. The fourth-order valence-corrected chi connectivity index (χ4v) is 3.11. The van der Waals surface area contributed by atoms with E-state index in [2.05, 4.69) is 22.3 Å². The van der Waals surface area contributed by atoms with Crippen LogP contribution in [0.1, 0.15) is 24.0 Å². The van der Waals surface area contributed by atoms with Crippen molar-refractivity contribution in [3.8, 4) is 0 Å². The van der Waals surface area contributed by atoms with E-state index < -0.39 is 17.5 Å². The van der Waals surface area contributed by atoms with Gasteiger partial charge in [-0.25, -0.2) is 13.2 Å². The maximum absolute atomic E-state index is 13.2. The Hall–Kier alpha value is -1.85. The third-order valence-corrected chi connectivity index (χ3v) is 4.48. The average molecular weight is 334 g/mol. The minimum Gasteiger partial charge on any atom is -0.310 e. The molecule has 0 aromatic heterocycles. The Bertz CT molecular complexity index is 645. The van der Waals surface area contributed by atoms with Crippen LogP contribution in [0.4, 0.5) is 13.2 Å². The first-order valence-electron chi connectivity index (χ1n) is 8.25. The molecule has 3 rings (SSSR count). The first kappa shape index (κ1) is 17.0. The van der Waals surface area contributed by atoms with E-state index in [4.69, 9.17) is 0 Å². The second-order valence-electron chi connectivity index (χ2n) is 6.29. The first-order valence-corrected chi connectivity index (χ1v) is 8.25. The molecule has 1 heterocycles. The van der Waals surface area contributed by atoms with Crippen molar-refractivity contribution in [1.29, 1.82) is 0 Å². The second kappa shape index (κ2) is 7.81. The number of rotatable bonds is 5. The minimum absolute atomic E-state index is 0.313.